The van der Waals surface area contributed by atoms with Crippen LogP contribution >= 0.6 is 0 Å². The van der Waals surface area contributed by atoms with Crippen LogP contribution in [0.25, 0.3) is 0 Å². The summed E-state index contributed by atoms with van der Waals surface area (Å²) in [6.07, 6.45) is -0.855. The molecule has 4 heteroatoms. The summed E-state index contributed by atoms with van der Waals surface area (Å²) in [4.78, 5) is 11.0. The lowest BCUT2D eigenvalue weighted by Gasteiger charge is -2.14. The zero-order valence-corrected chi connectivity index (χ0v) is 7.51. The SMILES string of the molecule is O=C1N[C@H](CO)[C@@H](c2ccccc2)O1. The number of carbonyl (C=O) groups excluding carboxylic acids is 1. The topological polar surface area (TPSA) is 58.6 Å². The number of carbonyl (C=O) groups is 1. The minimum Gasteiger partial charge on any atom is -0.439 e. The third-order valence-corrected chi connectivity index (χ3v) is 2.23. The third kappa shape index (κ3) is 1.56. The van der Waals surface area contributed by atoms with Crippen molar-refractivity contribution >= 4 is 6.09 Å². The molecule has 2 atom stereocenters. The fraction of sp³-hybridized carbons (Fsp3) is 0.300. The van der Waals surface area contributed by atoms with Crippen molar-refractivity contribution in [1.29, 1.82) is 0 Å². The molecular weight excluding hydrogens is 182 g/mol. The summed E-state index contributed by atoms with van der Waals surface area (Å²) in [7, 11) is 0. The molecule has 0 saturated carbocycles. The predicted octanol–water partition coefficient (Wildman–Crippen LogP) is 0.828. The third-order valence-electron chi connectivity index (χ3n) is 2.23. The monoisotopic (exact) mass is 193 g/mol. The molecule has 0 unspecified atom stereocenters. The zero-order chi connectivity index (χ0) is 9.97. The van der Waals surface area contributed by atoms with Gasteiger partial charge in [0.05, 0.1) is 12.6 Å². The largest absolute Gasteiger partial charge is 0.439 e. The molecule has 0 spiro atoms. The molecule has 2 rings (SSSR count). The van der Waals surface area contributed by atoms with Gasteiger partial charge >= 0.3 is 6.09 Å². The maximum atomic E-state index is 11.0. The summed E-state index contributed by atoms with van der Waals surface area (Å²) in [5.74, 6) is 0. The summed E-state index contributed by atoms with van der Waals surface area (Å²) in [5, 5.41) is 11.6. The van der Waals surface area contributed by atoms with E-state index >= 15 is 0 Å². The molecule has 1 saturated heterocycles. The number of nitrogens with one attached hydrogen (secondary N) is 1. The Hall–Kier alpha value is -1.55. The molecule has 0 aliphatic carbocycles. The maximum Gasteiger partial charge on any atom is 0.408 e. The lowest BCUT2D eigenvalue weighted by molar-refractivity contribution is 0.119. The highest BCUT2D eigenvalue weighted by Gasteiger charge is 2.34. The number of cyclic esters (lactones) is 1. The van der Waals surface area contributed by atoms with Crippen LogP contribution in [0.3, 0.4) is 0 Å². The van der Waals surface area contributed by atoms with E-state index in [0.29, 0.717) is 0 Å². The number of aliphatic hydroxyl groups excluding tert-OH is 1. The van der Waals surface area contributed by atoms with Gasteiger partial charge in [-0.25, -0.2) is 4.79 Å². The van der Waals surface area contributed by atoms with E-state index in [9.17, 15) is 4.79 Å². The number of hydrogen-bond acceptors (Lipinski definition) is 3. The first kappa shape index (κ1) is 9.02. The van der Waals surface area contributed by atoms with Crippen molar-refractivity contribution < 1.29 is 14.6 Å². The number of hydrogen-bond donors (Lipinski definition) is 2. The van der Waals surface area contributed by atoms with Crippen LogP contribution in [0.15, 0.2) is 30.3 Å². The second-order valence-electron chi connectivity index (χ2n) is 3.17. The molecule has 0 aromatic heterocycles. The van der Waals surface area contributed by atoms with Gasteiger partial charge in [-0.1, -0.05) is 30.3 Å². The number of benzene rings is 1. The zero-order valence-electron chi connectivity index (χ0n) is 7.51. The second kappa shape index (κ2) is 3.67. The molecule has 2 N–H and O–H groups in total. The van der Waals surface area contributed by atoms with Gasteiger partial charge in [0.1, 0.15) is 0 Å². The minimum atomic E-state index is -0.474. The Bertz CT molecular complexity index is 325. The first-order valence-corrected chi connectivity index (χ1v) is 4.44. The molecule has 0 radical (unpaired) electrons. The Kier molecular flexibility index (Phi) is 2.37. The van der Waals surface area contributed by atoms with Crippen LogP contribution < -0.4 is 5.32 Å². The standard InChI is InChI=1S/C10H11NO3/c12-6-8-9(14-10(13)11-8)7-4-2-1-3-5-7/h1-5,8-9,12H,6H2,(H,11,13)/t8-,9-/m1/s1. The van der Waals surface area contributed by atoms with E-state index in [-0.39, 0.29) is 18.8 Å². The molecule has 4 nitrogen and oxygen atoms in total. The number of amides is 1. The van der Waals surface area contributed by atoms with E-state index in [1.54, 1.807) is 0 Å². The Morgan fingerprint density at radius 2 is 2.07 bits per heavy atom. The highest BCUT2D eigenvalue weighted by Crippen LogP contribution is 2.25. The Morgan fingerprint density at radius 3 is 2.71 bits per heavy atom. The summed E-state index contributed by atoms with van der Waals surface area (Å²) < 4.78 is 5.04. The fourth-order valence-corrected chi connectivity index (χ4v) is 1.54. The van der Waals surface area contributed by atoms with Gasteiger partial charge < -0.3 is 15.2 Å². The van der Waals surface area contributed by atoms with Gasteiger partial charge in [-0.2, -0.15) is 0 Å². The first-order chi connectivity index (χ1) is 6.81. The molecule has 1 aliphatic rings. The van der Waals surface area contributed by atoms with Gasteiger partial charge in [-0.3, -0.25) is 0 Å². The number of rotatable bonds is 2. The quantitative estimate of drug-likeness (QED) is 0.731. The smallest absolute Gasteiger partial charge is 0.408 e. The average Bonchev–Trinajstić information content (AvgIpc) is 2.61. The maximum absolute atomic E-state index is 11.0. The van der Waals surface area contributed by atoms with Gasteiger partial charge in [0, 0.05) is 0 Å². The van der Waals surface area contributed by atoms with Crippen LogP contribution in [0.2, 0.25) is 0 Å². The minimum absolute atomic E-state index is 0.120. The van der Waals surface area contributed by atoms with Crippen LogP contribution in [-0.2, 0) is 4.74 Å². The van der Waals surface area contributed by atoms with E-state index in [0.717, 1.165) is 5.56 Å². The molecule has 1 amide bonds. The number of ether oxygens (including phenoxy) is 1. The van der Waals surface area contributed by atoms with Gasteiger partial charge in [0.25, 0.3) is 0 Å². The van der Waals surface area contributed by atoms with Crippen LogP contribution in [0.4, 0.5) is 4.79 Å². The van der Waals surface area contributed by atoms with Gasteiger partial charge in [-0.05, 0) is 5.56 Å². The van der Waals surface area contributed by atoms with Crippen molar-refractivity contribution in [1.82, 2.24) is 5.32 Å². The molecule has 1 heterocycles. The van der Waals surface area contributed by atoms with Crippen molar-refractivity contribution in [3.8, 4) is 0 Å². The van der Waals surface area contributed by atoms with Crippen molar-refractivity contribution in [2.24, 2.45) is 0 Å². The summed E-state index contributed by atoms with van der Waals surface area (Å²) in [5.41, 5.74) is 0.893. The summed E-state index contributed by atoms with van der Waals surface area (Å²) >= 11 is 0. The van der Waals surface area contributed by atoms with Crippen LogP contribution in [-0.4, -0.2) is 23.8 Å². The van der Waals surface area contributed by atoms with Gasteiger partial charge in [-0.15, -0.1) is 0 Å². The van der Waals surface area contributed by atoms with E-state index < -0.39 is 6.09 Å². The van der Waals surface area contributed by atoms with E-state index in [2.05, 4.69) is 5.32 Å². The second-order valence-corrected chi connectivity index (χ2v) is 3.17. The van der Waals surface area contributed by atoms with Crippen molar-refractivity contribution in [3.05, 3.63) is 35.9 Å². The number of aliphatic hydroxyl groups is 1. The Morgan fingerprint density at radius 1 is 1.36 bits per heavy atom. The fourth-order valence-electron chi connectivity index (χ4n) is 1.54. The van der Waals surface area contributed by atoms with Crippen LogP contribution in [0.5, 0.6) is 0 Å². The molecule has 1 aliphatic heterocycles. The molecule has 1 fully saturated rings. The lowest BCUT2D eigenvalue weighted by atomic mass is 10.0. The Labute approximate surface area is 81.5 Å². The average molecular weight is 193 g/mol. The molecule has 74 valence electrons. The van der Waals surface area contributed by atoms with Crippen molar-refractivity contribution in [2.75, 3.05) is 6.61 Å². The molecule has 0 bridgehead atoms. The molecule has 14 heavy (non-hydrogen) atoms. The highest BCUT2D eigenvalue weighted by molar-refractivity contribution is 5.70. The highest BCUT2D eigenvalue weighted by atomic mass is 16.6. The van der Waals surface area contributed by atoms with E-state index in [4.69, 9.17) is 9.84 Å². The van der Waals surface area contributed by atoms with Crippen molar-refractivity contribution in [2.45, 2.75) is 12.1 Å². The van der Waals surface area contributed by atoms with Crippen LogP contribution in [0, 0.1) is 0 Å². The van der Waals surface area contributed by atoms with Gasteiger partial charge in [0.15, 0.2) is 6.10 Å². The van der Waals surface area contributed by atoms with Gasteiger partial charge in [0.2, 0.25) is 0 Å². The molecular formula is C10H11NO3. The first-order valence-electron chi connectivity index (χ1n) is 4.44. The molecule has 1 aromatic rings. The lowest BCUT2D eigenvalue weighted by Crippen LogP contribution is -2.31. The summed E-state index contributed by atoms with van der Waals surface area (Å²) in [6, 6.07) is 9.03. The number of alkyl carbamates (subject to hydrolysis) is 1. The predicted molar refractivity (Wildman–Crippen MR) is 49.7 cm³/mol. The van der Waals surface area contributed by atoms with Crippen LogP contribution in [0.1, 0.15) is 11.7 Å². The van der Waals surface area contributed by atoms with Crippen molar-refractivity contribution in [3.63, 3.8) is 0 Å². The normalized spacial score (nSPS) is 25.6. The summed E-state index contributed by atoms with van der Waals surface area (Å²) in [6.45, 7) is -0.120. The Balaban J connectivity index is 2.22. The molecule has 1 aromatic carbocycles. The van der Waals surface area contributed by atoms with E-state index in [1.165, 1.54) is 0 Å². The van der Waals surface area contributed by atoms with E-state index in [1.807, 2.05) is 30.3 Å².